The molecular weight excluding hydrogens is 618 g/mol. The molecule has 1 heterocycles. The second-order valence-electron chi connectivity index (χ2n) is 10.8. The Morgan fingerprint density at radius 2 is 1.45 bits per heavy atom. The predicted molar refractivity (Wildman–Crippen MR) is 182 cm³/mol. The number of anilines is 1. The molecule has 1 aliphatic heterocycles. The number of esters is 1. The van der Waals surface area contributed by atoms with E-state index in [1.165, 1.54) is 0 Å². The molecule has 0 fully saturated rings. The summed E-state index contributed by atoms with van der Waals surface area (Å²) in [6.45, 7) is 8.69. The molecule has 11 nitrogen and oxygen atoms in total. The highest BCUT2D eigenvalue weighted by Crippen LogP contribution is 2.26. The van der Waals surface area contributed by atoms with Crippen molar-refractivity contribution in [2.24, 2.45) is 0 Å². The van der Waals surface area contributed by atoms with Crippen LogP contribution in [0.3, 0.4) is 0 Å². The lowest BCUT2D eigenvalue weighted by Gasteiger charge is -2.28. The van der Waals surface area contributed by atoms with Gasteiger partial charge in [0.1, 0.15) is 13.2 Å². The van der Waals surface area contributed by atoms with Crippen molar-refractivity contribution < 1.29 is 37.1 Å². The average molecular weight is 668 g/mol. The van der Waals surface area contributed by atoms with E-state index in [-0.39, 0.29) is 25.7 Å². The summed E-state index contributed by atoms with van der Waals surface area (Å²) in [6, 6.07) is 16.3. The van der Waals surface area contributed by atoms with Gasteiger partial charge in [-0.15, -0.1) is 0 Å². The molecular formula is C35H49N3O8Si. The molecule has 0 radical (unpaired) electrons. The molecule has 0 atom stereocenters. The van der Waals surface area contributed by atoms with Gasteiger partial charge in [0.25, 0.3) is 0 Å². The number of hydrogen-bond donors (Lipinski definition) is 2. The number of carbonyl (C=O) groups is 3. The molecule has 0 aliphatic carbocycles. The summed E-state index contributed by atoms with van der Waals surface area (Å²) in [5, 5.41) is 5.75. The Morgan fingerprint density at radius 1 is 0.787 bits per heavy atom. The third kappa shape index (κ3) is 13.1. The fourth-order valence-corrected chi connectivity index (χ4v) is 7.74. The van der Waals surface area contributed by atoms with Gasteiger partial charge >= 0.3 is 20.9 Å². The minimum absolute atomic E-state index is 0.0270. The number of hydrogen-bond acceptors (Lipinski definition) is 9. The first kappa shape index (κ1) is 37.7. The third-order valence-corrected chi connectivity index (χ3v) is 10.4. The van der Waals surface area contributed by atoms with Crippen LogP contribution in [-0.4, -0.2) is 79.4 Å². The van der Waals surface area contributed by atoms with E-state index in [1.54, 1.807) is 0 Å². The summed E-state index contributed by atoms with van der Waals surface area (Å²) in [7, 11) is -2.74. The lowest BCUT2D eigenvalue weighted by molar-refractivity contribution is -0.143. The van der Waals surface area contributed by atoms with Crippen LogP contribution in [-0.2, 0) is 38.9 Å². The second kappa shape index (κ2) is 21.2. The predicted octanol–water partition coefficient (Wildman–Crippen LogP) is 4.79. The molecule has 0 bridgehead atoms. The molecule has 0 aromatic heterocycles. The van der Waals surface area contributed by atoms with Crippen molar-refractivity contribution >= 4 is 32.5 Å². The number of para-hydroxylation sites is 1. The SMILES string of the molecule is CCO[Si](CCCNC(=O)OCCOC(=O)CNCCCCCC(=O)N1Cc2ccccc2C#Cc2ccccc21)(OCC)OCC. The first-order chi connectivity index (χ1) is 22.9. The van der Waals surface area contributed by atoms with Crippen LogP contribution in [0.4, 0.5) is 10.5 Å². The molecule has 0 unspecified atom stereocenters. The number of rotatable bonds is 21. The third-order valence-electron chi connectivity index (χ3n) is 7.29. The van der Waals surface area contributed by atoms with Crippen molar-refractivity contribution in [1.82, 2.24) is 10.6 Å². The number of ether oxygens (including phenoxy) is 2. The van der Waals surface area contributed by atoms with Gasteiger partial charge in [-0.05, 0) is 70.3 Å². The summed E-state index contributed by atoms with van der Waals surface area (Å²) >= 11 is 0. The maximum absolute atomic E-state index is 13.3. The van der Waals surface area contributed by atoms with Crippen molar-refractivity contribution in [3.63, 3.8) is 0 Å². The number of carbonyl (C=O) groups excluding carboxylic acids is 3. The van der Waals surface area contributed by atoms with E-state index in [2.05, 4.69) is 22.5 Å². The number of benzene rings is 2. The van der Waals surface area contributed by atoms with Crippen molar-refractivity contribution in [2.45, 2.75) is 65.5 Å². The minimum Gasteiger partial charge on any atom is -0.461 e. The quantitative estimate of drug-likeness (QED) is 0.0837. The number of alkyl carbamates (subject to hydrolysis) is 1. The van der Waals surface area contributed by atoms with Crippen molar-refractivity contribution in [1.29, 1.82) is 0 Å². The van der Waals surface area contributed by atoms with Crippen LogP contribution in [0.5, 0.6) is 0 Å². The summed E-state index contributed by atoms with van der Waals surface area (Å²) < 4.78 is 27.6. The summed E-state index contributed by atoms with van der Waals surface area (Å²) in [6.07, 6.45) is 2.87. The zero-order valence-corrected chi connectivity index (χ0v) is 28.9. The highest BCUT2D eigenvalue weighted by molar-refractivity contribution is 6.60. The molecule has 2 aromatic rings. The van der Waals surface area contributed by atoms with E-state index in [9.17, 15) is 14.4 Å². The Morgan fingerprint density at radius 3 is 2.19 bits per heavy atom. The summed E-state index contributed by atoms with van der Waals surface area (Å²) in [4.78, 5) is 39.1. The van der Waals surface area contributed by atoms with Crippen molar-refractivity contribution in [3.05, 3.63) is 65.2 Å². The Bertz CT molecular complexity index is 1330. The number of nitrogens with one attached hydrogen (secondary N) is 2. The zero-order chi connectivity index (χ0) is 33.7. The maximum atomic E-state index is 13.3. The Kier molecular flexibility index (Phi) is 17.0. The highest BCUT2D eigenvalue weighted by atomic mass is 28.4. The van der Waals surface area contributed by atoms with Gasteiger partial charge in [-0.1, -0.05) is 48.6 Å². The largest absolute Gasteiger partial charge is 0.500 e. The van der Waals surface area contributed by atoms with Crippen LogP contribution in [0, 0.1) is 11.8 Å². The molecule has 0 saturated heterocycles. The lowest BCUT2D eigenvalue weighted by Crippen LogP contribution is -2.46. The van der Waals surface area contributed by atoms with Gasteiger partial charge in [0.2, 0.25) is 5.91 Å². The fourth-order valence-electron chi connectivity index (χ4n) is 5.12. The van der Waals surface area contributed by atoms with Gasteiger partial charge in [-0.25, -0.2) is 4.79 Å². The van der Waals surface area contributed by atoms with Gasteiger partial charge < -0.3 is 38.3 Å². The van der Waals surface area contributed by atoms with Gasteiger partial charge in [-0.3, -0.25) is 9.59 Å². The van der Waals surface area contributed by atoms with E-state index < -0.39 is 20.9 Å². The summed E-state index contributed by atoms with van der Waals surface area (Å²) in [5.41, 5.74) is 3.66. The zero-order valence-electron chi connectivity index (χ0n) is 27.9. The van der Waals surface area contributed by atoms with Crippen LogP contribution in [0.2, 0.25) is 6.04 Å². The standard InChI is InChI=1S/C35H49N3O8Si/c1-4-44-47(45-5-2,46-6-3)26-14-23-37-35(41)43-25-24-42-34(40)27-36-22-13-7-8-19-33(39)38-28-31-17-10-9-15-29(31)20-21-30-16-11-12-18-32(30)38/h9-12,15-18,36H,4-8,13-14,19,22-28H2,1-3H3,(H,37,41). The van der Waals surface area contributed by atoms with Crippen LogP contribution >= 0.6 is 0 Å². The fraction of sp³-hybridized carbons (Fsp3) is 0.514. The maximum Gasteiger partial charge on any atom is 0.500 e. The van der Waals surface area contributed by atoms with Crippen LogP contribution in [0.1, 0.15) is 69.6 Å². The van der Waals surface area contributed by atoms with Gasteiger partial charge in [0.05, 0.1) is 18.8 Å². The topological polar surface area (TPSA) is 125 Å². The Labute approximate surface area is 280 Å². The van der Waals surface area contributed by atoms with E-state index >= 15 is 0 Å². The molecule has 0 saturated carbocycles. The molecule has 1 aliphatic rings. The Balaban J connectivity index is 1.24. The first-order valence-corrected chi connectivity index (χ1v) is 18.5. The average Bonchev–Trinajstić information content (AvgIpc) is 3.06. The van der Waals surface area contributed by atoms with Gasteiger partial charge in [0.15, 0.2) is 0 Å². The van der Waals surface area contributed by atoms with E-state index in [0.29, 0.717) is 58.3 Å². The normalized spacial score (nSPS) is 12.1. The lowest BCUT2D eigenvalue weighted by atomic mass is 10.0. The number of unbranched alkanes of at least 4 members (excludes halogenated alkanes) is 2. The van der Waals surface area contributed by atoms with Gasteiger partial charge in [-0.2, -0.15) is 0 Å². The molecule has 256 valence electrons. The smallest absolute Gasteiger partial charge is 0.461 e. The first-order valence-electron chi connectivity index (χ1n) is 16.6. The summed E-state index contributed by atoms with van der Waals surface area (Å²) in [5.74, 6) is 6.11. The van der Waals surface area contributed by atoms with Crippen molar-refractivity contribution in [3.8, 4) is 11.8 Å². The number of fused-ring (bicyclic) bond motifs is 2. The molecule has 2 N–H and O–H groups in total. The monoisotopic (exact) mass is 667 g/mol. The molecule has 3 rings (SSSR count). The van der Waals surface area contributed by atoms with E-state index in [4.69, 9.17) is 22.8 Å². The van der Waals surface area contributed by atoms with E-state index in [0.717, 1.165) is 41.6 Å². The second-order valence-corrected chi connectivity index (χ2v) is 13.5. The van der Waals surface area contributed by atoms with Crippen LogP contribution in [0.25, 0.3) is 0 Å². The molecule has 2 aromatic carbocycles. The molecule has 12 heteroatoms. The minimum atomic E-state index is -2.74. The van der Waals surface area contributed by atoms with Crippen LogP contribution < -0.4 is 15.5 Å². The Hall–Kier alpha value is -3.73. The highest BCUT2D eigenvalue weighted by Gasteiger charge is 2.39. The number of amides is 2. The van der Waals surface area contributed by atoms with Crippen molar-refractivity contribution in [2.75, 3.05) is 57.6 Å². The van der Waals surface area contributed by atoms with Gasteiger partial charge in [0, 0.05) is 50.0 Å². The molecule has 2 amide bonds. The number of nitrogens with zero attached hydrogens (tertiary/aromatic N) is 1. The molecule has 0 spiro atoms. The van der Waals surface area contributed by atoms with Crippen LogP contribution in [0.15, 0.2) is 48.5 Å². The van der Waals surface area contributed by atoms with E-state index in [1.807, 2.05) is 74.2 Å². The molecule has 47 heavy (non-hydrogen) atoms.